The van der Waals surface area contributed by atoms with Crippen LogP contribution in [0, 0.1) is 6.92 Å². The van der Waals surface area contributed by atoms with E-state index < -0.39 is 0 Å². The quantitative estimate of drug-likeness (QED) is 0.616. The molecule has 102 valence electrons. The third-order valence-corrected chi connectivity index (χ3v) is 4.22. The van der Waals surface area contributed by atoms with E-state index in [1.807, 2.05) is 30.3 Å². The Morgan fingerprint density at radius 3 is 2.70 bits per heavy atom. The first-order valence-electron chi connectivity index (χ1n) is 6.50. The van der Waals surface area contributed by atoms with Gasteiger partial charge in [-0.05, 0) is 46.6 Å². The maximum Gasteiger partial charge on any atom is 0.115 e. The van der Waals surface area contributed by atoms with Crippen LogP contribution in [0.3, 0.4) is 0 Å². The number of benzene rings is 2. The predicted octanol–water partition coefficient (Wildman–Crippen LogP) is 4.88. The Labute approximate surface area is 131 Å². The van der Waals surface area contributed by atoms with Crippen molar-refractivity contribution in [3.63, 3.8) is 0 Å². The minimum Gasteiger partial charge on any atom is -0.295 e. The number of rotatable bonds is 3. The van der Waals surface area contributed by atoms with Crippen molar-refractivity contribution < 1.29 is 0 Å². The van der Waals surface area contributed by atoms with Crippen LogP contribution in [0.25, 0.3) is 16.7 Å². The molecule has 3 rings (SSSR count). The number of fused-ring (bicyclic) bond motifs is 1. The molecule has 1 heterocycles. The molecule has 1 aromatic heterocycles. The van der Waals surface area contributed by atoms with Gasteiger partial charge in [-0.25, -0.2) is 4.98 Å². The highest BCUT2D eigenvalue weighted by Crippen LogP contribution is 2.29. The van der Waals surface area contributed by atoms with E-state index in [2.05, 4.69) is 39.6 Å². The first kappa shape index (κ1) is 13.7. The van der Waals surface area contributed by atoms with Gasteiger partial charge in [-0.2, -0.15) is 0 Å². The number of aromatic nitrogens is 2. The number of nitrogens with zero attached hydrogens (tertiary/aromatic N) is 2. The third kappa shape index (κ3) is 2.25. The molecule has 0 aliphatic rings. The minimum atomic E-state index is 0.562. The van der Waals surface area contributed by atoms with E-state index in [0.29, 0.717) is 5.88 Å². The average Bonchev–Trinajstić information content (AvgIpc) is 2.79. The highest BCUT2D eigenvalue weighted by Gasteiger charge is 2.15. The van der Waals surface area contributed by atoms with Crippen molar-refractivity contribution in [1.29, 1.82) is 0 Å². The lowest BCUT2D eigenvalue weighted by Gasteiger charge is -2.11. The highest BCUT2D eigenvalue weighted by molar-refractivity contribution is 9.10. The van der Waals surface area contributed by atoms with Crippen LogP contribution in [0.5, 0.6) is 0 Å². The van der Waals surface area contributed by atoms with E-state index in [-0.39, 0.29) is 0 Å². The number of halogens is 2. The van der Waals surface area contributed by atoms with E-state index in [1.165, 1.54) is 5.56 Å². The van der Waals surface area contributed by atoms with Gasteiger partial charge in [-0.3, -0.25) is 4.57 Å². The second kappa shape index (κ2) is 5.58. The second-order valence-corrected chi connectivity index (χ2v) is 5.93. The van der Waals surface area contributed by atoms with Gasteiger partial charge in [0.05, 0.1) is 16.7 Å². The standard InChI is InChI=1S/C16H14BrClN2/c1-11-5-4-7-13-16(11)20(15(19-13)9-10-18)14-8-3-2-6-12(14)17/h2-8H,9-10H2,1H3. The van der Waals surface area contributed by atoms with Gasteiger partial charge in [0.15, 0.2) is 0 Å². The summed E-state index contributed by atoms with van der Waals surface area (Å²) in [5.74, 6) is 1.56. The van der Waals surface area contributed by atoms with E-state index in [4.69, 9.17) is 16.6 Å². The lowest BCUT2D eigenvalue weighted by molar-refractivity contribution is 0.908. The van der Waals surface area contributed by atoms with E-state index in [9.17, 15) is 0 Å². The maximum absolute atomic E-state index is 5.94. The lowest BCUT2D eigenvalue weighted by atomic mass is 10.2. The molecular formula is C16H14BrClN2. The Kier molecular flexibility index (Phi) is 3.81. The van der Waals surface area contributed by atoms with Gasteiger partial charge in [-0.1, -0.05) is 24.3 Å². The van der Waals surface area contributed by atoms with E-state index in [0.717, 1.165) is 33.4 Å². The Balaban J connectivity index is 2.37. The third-order valence-electron chi connectivity index (χ3n) is 3.36. The van der Waals surface area contributed by atoms with Crippen LogP contribution in [0.15, 0.2) is 46.9 Å². The maximum atomic E-state index is 5.94. The molecule has 0 aliphatic heterocycles. The smallest absolute Gasteiger partial charge is 0.115 e. The summed E-state index contributed by atoms with van der Waals surface area (Å²) in [7, 11) is 0. The number of para-hydroxylation sites is 2. The Bertz CT molecular complexity index is 764. The van der Waals surface area contributed by atoms with Gasteiger partial charge in [0.1, 0.15) is 5.82 Å². The Hall–Kier alpha value is -1.32. The molecular weight excluding hydrogens is 336 g/mol. The Morgan fingerprint density at radius 1 is 1.15 bits per heavy atom. The molecule has 3 aromatic rings. The zero-order chi connectivity index (χ0) is 14.1. The van der Waals surface area contributed by atoms with Crippen LogP contribution >= 0.6 is 27.5 Å². The number of hydrogen-bond donors (Lipinski definition) is 0. The summed E-state index contributed by atoms with van der Waals surface area (Å²) in [4.78, 5) is 4.74. The topological polar surface area (TPSA) is 17.8 Å². The lowest BCUT2D eigenvalue weighted by Crippen LogP contribution is -2.03. The fourth-order valence-corrected chi connectivity index (χ4v) is 3.12. The van der Waals surface area contributed by atoms with Crippen molar-refractivity contribution in [2.24, 2.45) is 0 Å². The first-order valence-corrected chi connectivity index (χ1v) is 7.83. The van der Waals surface area contributed by atoms with Crippen molar-refractivity contribution >= 4 is 38.6 Å². The van der Waals surface area contributed by atoms with Gasteiger partial charge in [0, 0.05) is 16.8 Å². The molecule has 0 unspecified atom stereocenters. The molecule has 20 heavy (non-hydrogen) atoms. The van der Waals surface area contributed by atoms with E-state index >= 15 is 0 Å². The first-order chi connectivity index (χ1) is 9.72. The average molecular weight is 350 g/mol. The molecule has 2 nitrogen and oxygen atoms in total. The number of alkyl halides is 1. The van der Waals surface area contributed by atoms with Crippen LogP contribution in [0.4, 0.5) is 0 Å². The van der Waals surface area contributed by atoms with Crippen LogP contribution in [-0.2, 0) is 6.42 Å². The summed E-state index contributed by atoms with van der Waals surface area (Å²) in [6.07, 6.45) is 0.747. The summed E-state index contributed by atoms with van der Waals surface area (Å²) in [5, 5.41) is 0. The molecule has 0 bridgehead atoms. The summed E-state index contributed by atoms with van der Waals surface area (Å²) in [6.45, 7) is 2.11. The molecule has 0 spiro atoms. The van der Waals surface area contributed by atoms with Crippen LogP contribution < -0.4 is 0 Å². The van der Waals surface area contributed by atoms with Gasteiger partial charge in [-0.15, -0.1) is 11.6 Å². The molecule has 0 saturated heterocycles. The molecule has 0 aliphatic carbocycles. The molecule has 4 heteroatoms. The molecule has 0 radical (unpaired) electrons. The normalized spacial score (nSPS) is 11.2. The fourth-order valence-electron chi connectivity index (χ4n) is 2.49. The molecule has 2 aromatic carbocycles. The monoisotopic (exact) mass is 348 g/mol. The van der Waals surface area contributed by atoms with Crippen LogP contribution in [-0.4, -0.2) is 15.4 Å². The molecule has 0 atom stereocenters. The minimum absolute atomic E-state index is 0.562. The molecule has 0 amide bonds. The van der Waals surface area contributed by atoms with Crippen molar-refractivity contribution in [1.82, 2.24) is 9.55 Å². The predicted molar refractivity (Wildman–Crippen MR) is 87.9 cm³/mol. The van der Waals surface area contributed by atoms with Gasteiger partial charge in [0.25, 0.3) is 0 Å². The van der Waals surface area contributed by atoms with Crippen LogP contribution in [0.1, 0.15) is 11.4 Å². The summed E-state index contributed by atoms with van der Waals surface area (Å²) >= 11 is 9.57. The van der Waals surface area contributed by atoms with Gasteiger partial charge < -0.3 is 0 Å². The van der Waals surface area contributed by atoms with Crippen molar-refractivity contribution in [2.45, 2.75) is 13.3 Å². The molecule has 0 saturated carbocycles. The molecule has 0 fully saturated rings. The van der Waals surface area contributed by atoms with Crippen molar-refractivity contribution in [3.05, 3.63) is 58.3 Å². The summed E-state index contributed by atoms with van der Waals surface area (Å²) in [6, 6.07) is 14.4. The second-order valence-electron chi connectivity index (χ2n) is 4.70. The van der Waals surface area contributed by atoms with Gasteiger partial charge >= 0.3 is 0 Å². The largest absolute Gasteiger partial charge is 0.295 e. The van der Waals surface area contributed by atoms with Crippen LogP contribution in [0.2, 0.25) is 0 Å². The SMILES string of the molecule is Cc1cccc2nc(CCCl)n(-c3ccccc3Br)c12. The zero-order valence-corrected chi connectivity index (χ0v) is 13.4. The number of imidazole rings is 1. The van der Waals surface area contributed by atoms with E-state index in [1.54, 1.807) is 0 Å². The Morgan fingerprint density at radius 2 is 1.95 bits per heavy atom. The number of hydrogen-bond acceptors (Lipinski definition) is 1. The highest BCUT2D eigenvalue weighted by atomic mass is 79.9. The fraction of sp³-hybridized carbons (Fsp3) is 0.188. The van der Waals surface area contributed by atoms with Gasteiger partial charge in [0.2, 0.25) is 0 Å². The van der Waals surface area contributed by atoms with Crippen molar-refractivity contribution in [2.75, 3.05) is 5.88 Å². The number of aryl methyl sites for hydroxylation is 2. The zero-order valence-electron chi connectivity index (χ0n) is 11.1. The molecule has 0 N–H and O–H groups in total. The van der Waals surface area contributed by atoms with Crippen molar-refractivity contribution in [3.8, 4) is 5.69 Å². The summed E-state index contributed by atoms with van der Waals surface area (Å²) in [5.41, 5.74) is 4.48. The summed E-state index contributed by atoms with van der Waals surface area (Å²) < 4.78 is 3.26.